The SMILES string of the molecule is Cc1ccc(CN(C(=O)c2nc(N)nc3c2CCCC3)C2CC2)s1. The van der Waals surface area contributed by atoms with Crippen LogP contribution >= 0.6 is 11.3 Å². The Bertz CT molecular complexity index is 781. The zero-order valence-corrected chi connectivity index (χ0v) is 14.7. The van der Waals surface area contributed by atoms with Crippen molar-refractivity contribution in [3.05, 3.63) is 38.8 Å². The van der Waals surface area contributed by atoms with Gasteiger partial charge < -0.3 is 10.6 Å². The molecule has 5 nitrogen and oxygen atoms in total. The molecule has 4 rings (SSSR count). The maximum absolute atomic E-state index is 13.2. The number of anilines is 1. The highest BCUT2D eigenvalue weighted by Crippen LogP contribution is 2.32. The van der Waals surface area contributed by atoms with E-state index in [1.807, 2.05) is 4.90 Å². The summed E-state index contributed by atoms with van der Waals surface area (Å²) in [5.74, 6) is 0.248. The van der Waals surface area contributed by atoms with Crippen molar-refractivity contribution in [2.24, 2.45) is 0 Å². The first-order chi connectivity index (χ1) is 11.6. The third-order valence-electron chi connectivity index (χ3n) is 4.77. The number of carbonyl (C=O) groups is 1. The minimum atomic E-state index is 0.0239. The molecule has 2 aromatic heterocycles. The number of nitrogens with two attached hydrogens (primary N) is 1. The third-order valence-corrected chi connectivity index (χ3v) is 5.76. The Morgan fingerprint density at radius 2 is 2.08 bits per heavy atom. The third kappa shape index (κ3) is 3.02. The Morgan fingerprint density at radius 1 is 1.29 bits per heavy atom. The Balaban J connectivity index is 1.66. The van der Waals surface area contributed by atoms with Crippen LogP contribution in [0.4, 0.5) is 5.95 Å². The van der Waals surface area contributed by atoms with E-state index in [0.29, 0.717) is 18.3 Å². The number of thiophene rings is 1. The Morgan fingerprint density at radius 3 is 2.79 bits per heavy atom. The van der Waals surface area contributed by atoms with Crippen molar-refractivity contribution in [2.45, 2.75) is 58.0 Å². The standard InChI is InChI=1S/C18H22N4OS/c1-11-6-9-13(24-11)10-22(12-7-8-12)17(23)16-14-4-2-3-5-15(14)20-18(19)21-16/h6,9,12H,2-5,7-8,10H2,1H3,(H2,19,20,21). The second-order valence-corrected chi connectivity index (χ2v) is 8.11. The lowest BCUT2D eigenvalue weighted by molar-refractivity contribution is 0.0724. The van der Waals surface area contributed by atoms with Gasteiger partial charge in [-0.15, -0.1) is 11.3 Å². The van der Waals surface area contributed by atoms with Crippen LogP contribution in [0.15, 0.2) is 12.1 Å². The van der Waals surface area contributed by atoms with Crippen LogP contribution in [0.25, 0.3) is 0 Å². The van der Waals surface area contributed by atoms with Gasteiger partial charge in [-0.1, -0.05) is 0 Å². The number of nitrogen functional groups attached to an aromatic ring is 1. The summed E-state index contributed by atoms with van der Waals surface area (Å²) in [6.07, 6.45) is 6.15. The molecule has 0 atom stereocenters. The summed E-state index contributed by atoms with van der Waals surface area (Å²) in [5, 5.41) is 0. The number of fused-ring (bicyclic) bond motifs is 1. The highest BCUT2D eigenvalue weighted by atomic mass is 32.1. The van der Waals surface area contributed by atoms with Crippen LogP contribution in [-0.2, 0) is 19.4 Å². The maximum Gasteiger partial charge on any atom is 0.273 e. The smallest absolute Gasteiger partial charge is 0.273 e. The average Bonchev–Trinajstić information content (AvgIpc) is 3.33. The van der Waals surface area contributed by atoms with Crippen molar-refractivity contribution in [3.63, 3.8) is 0 Å². The summed E-state index contributed by atoms with van der Waals surface area (Å²) < 4.78 is 0. The number of amides is 1. The number of hydrogen-bond acceptors (Lipinski definition) is 5. The Hall–Kier alpha value is -1.95. The molecule has 1 amide bonds. The number of nitrogens with zero attached hydrogens (tertiary/aromatic N) is 3. The van der Waals surface area contributed by atoms with Gasteiger partial charge in [-0.3, -0.25) is 4.79 Å². The fourth-order valence-electron chi connectivity index (χ4n) is 3.42. The molecule has 2 aliphatic carbocycles. The quantitative estimate of drug-likeness (QED) is 0.926. The summed E-state index contributed by atoms with van der Waals surface area (Å²) in [4.78, 5) is 26.4. The van der Waals surface area contributed by atoms with Crippen molar-refractivity contribution in [2.75, 3.05) is 5.73 Å². The molecule has 0 spiro atoms. The minimum absolute atomic E-state index is 0.0239. The number of carbonyl (C=O) groups excluding carboxylic acids is 1. The van der Waals surface area contributed by atoms with Crippen LogP contribution in [0.1, 0.15) is 57.2 Å². The summed E-state index contributed by atoms with van der Waals surface area (Å²) in [6, 6.07) is 4.57. The number of aromatic nitrogens is 2. The predicted molar refractivity (Wildman–Crippen MR) is 95.0 cm³/mol. The second kappa shape index (κ2) is 6.16. The Labute approximate surface area is 145 Å². The van der Waals surface area contributed by atoms with E-state index in [1.165, 1.54) is 9.75 Å². The van der Waals surface area contributed by atoms with E-state index in [4.69, 9.17) is 5.73 Å². The molecular weight excluding hydrogens is 320 g/mol. The van der Waals surface area contributed by atoms with Gasteiger partial charge in [-0.2, -0.15) is 0 Å². The topological polar surface area (TPSA) is 72.1 Å². The first-order valence-corrected chi connectivity index (χ1v) is 9.45. The molecule has 2 N–H and O–H groups in total. The van der Waals surface area contributed by atoms with Gasteiger partial charge in [-0.05, 0) is 57.6 Å². The molecule has 6 heteroatoms. The molecule has 0 bridgehead atoms. The summed E-state index contributed by atoms with van der Waals surface area (Å²) >= 11 is 1.75. The first-order valence-electron chi connectivity index (χ1n) is 8.63. The molecule has 2 aliphatic rings. The van der Waals surface area contributed by atoms with Gasteiger partial charge in [0.05, 0.1) is 6.54 Å². The fourth-order valence-corrected chi connectivity index (χ4v) is 4.31. The molecule has 1 fully saturated rings. The molecule has 0 radical (unpaired) electrons. The van der Waals surface area contributed by atoms with Gasteiger partial charge in [-0.25, -0.2) is 9.97 Å². The van der Waals surface area contributed by atoms with Crippen molar-refractivity contribution in [1.82, 2.24) is 14.9 Å². The van der Waals surface area contributed by atoms with Gasteiger partial charge in [0, 0.05) is 27.1 Å². The van der Waals surface area contributed by atoms with Crippen LogP contribution in [-0.4, -0.2) is 26.8 Å². The molecule has 0 saturated heterocycles. The van der Waals surface area contributed by atoms with Crippen LogP contribution in [0.5, 0.6) is 0 Å². The number of rotatable bonds is 4. The van der Waals surface area contributed by atoms with E-state index in [-0.39, 0.29) is 11.9 Å². The largest absolute Gasteiger partial charge is 0.368 e. The first kappa shape index (κ1) is 15.6. The van der Waals surface area contributed by atoms with E-state index in [0.717, 1.165) is 49.8 Å². The van der Waals surface area contributed by atoms with E-state index < -0.39 is 0 Å². The van der Waals surface area contributed by atoms with Crippen molar-refractivity contribution >= 4 is 23.2 Å². The van der Waals surface area contributed by atoms with Crippen LogP contribution in [0.3, 0.4) is 0 Å². The molecule has 1 saturated carbocycles. The Kier molecular flexibility index (Phi) is 4.00. The van der Waals surface area contributed by atoms with Gasteiger partial charge in [0.1, 0.15) is 5.69 Å². The number of aryl methyl sites for hydroxylation is 2. The summed E-state index contributed by atoms with van der Waals surface area (Å²) in [5.41, 5.74) is 8.41. The lowest BCUT2D eigenvalue weighted by Crippen LogP contribution is -2.34. The van der Waals surface area contributed by atoms with Gasteiger partial charge in [0.25, 0.3) is 5.91 Å². The molecular formula is C18H22N4OS. The minimum Gasteiger partial charge on any atom is -0.368 e. The van der Waals surface area contributed by atoms with Crippen molar-refractivity contribution in [3.8, 4) is 0 Å². The van der Waals surface area contributed by atoms with E-state index in [9.17, 15) is 4.79 Å². The summed E-state index contributed by atoms with van der Waals surface area (Å²) in [6.45, 7) is 2.76. The van der Waals surface area contributed by atoms with Crippen LogP contribution in [0.2, 0.25) is 0 Å². The van der Waals surface area contributed by atoms with Gasteiger partial charge in [0.15, 0.2) is 0 Å². The molecule has 0 aromatic carbocycles. The lowest BCUT2D eigenvalue weighted by Gasteiger charge is -2.24. The van der Waals surface area contributed by atoms with E-state index in [2.05, 4.69) is 29.0 Å². The van der Waals surface area contributed by atoms with Gasteiger partial charge in [0.2, 0.25) is 5.95 Å². The van der Waals surface area contributed by atoms with Crippen molar-refractivity contribution < 1.29 is 4.79 Å². The van der Waals surface area contributed by atoms with E-state index in [1.54, 1.807) is 11.3 Å². The molecule has 126 valence electrons. The monoisotopic (exact) mass is 342 g/mol. The normalized spacial score (nSPS) is 16.7. The zero-order valence-electron chi connectivity index (χ0n) is 13.9. The second-order valence-electron chi connectivity index (χ2n) is 6.74. The fraction of sp³-hybridized carbons (Fsp3) is 0.500. The van der Waals surface area contributed by atoms with E-state index >= 15 is 0 Å². The van der Waals surface area contributed by atoms with Crippen molar-refractivity contribution in [1.29, 1.82) is 0 Å². The lowest BCUT2D eigenvalue weighted by atomic mass is 9.94. The summed E-state index contributed by atoms with van der Waals surface area (Å²) in [7, 11) is 0. The molecule has 0 unspecified atom stereocenters. The highest BCUT2D eigenvalue weighted by Gasteiger charge is 2.35. The molecule has 2 aromatic rings. The predicted octanol–water partition coefficient (Wildman–Crippen LogP) is 3.11. The average molecular weight is 342 g/mol. The zero-order chi connectivity index (χ0) is 16.7. The number of hydrogen-bond donors (Lipinski definition) is 1. The molecule has 2 heterocycles. The molecule has 0 aliphatic heterocycles. The highest BCUT2D eigenvalue weighted by molar-refractivity contribution is 7.11. The molecule has 24 heavy (non-hydrogen) atoms. The van der Waals surface area contributed by atoms with Crippen LogP contribution < -0.4 is 5.73 Å². The maximum atomic E-state index is 13.2. The van der Waals surface area contributed by atoms with Crippen LogP contribution in [0, 0.1) is 6.92 Å². The van der Waals surface area contributed by atoms with Gasteiger partial charge >= 0.3 is 0 Å².